The number of benzene rings is 1. The molecule has 1 aromatic rings. The average Bonchev–Trinajstić information content (AvgIpc) is 2.97. The van der Waals surface area contributed by atoms with Crippen LogP contribution in [0.3, 0.4) is 0 Å². The van der Waals surface area contributed by atoms with Crippen LogP contribution in [0.1, 0.15) is 43.2 Å². The minimum Gasteiger partial charge on any atom is -0.493 e. The smallest absolute Gasteiger partial charge is 0.451 e. The number of hydrogen-bond acceptors (Lipinski definition) is 5. The predicted molar refractivity (Wildman–Crippen MR) is 95.8 cm³/mol. The third-order valence-electron chi connectivity index (χ3n) is 5.38. The van der Waals surface area contributed by atoms with Gasteiger partial charge in [0.05, 0.1) is 6.61 Å². The molecular weight excluding hydrogens is 303 g/mol. The van der Waals surface area contributed by atoms with Crippen LogP contribution in [0.4, 0.5) is 0 Å². The highest BCUT2D eigenvalue weighted by Gasteiger charge is 2.32. The van der Waals surface area contributed by atoms with Gasteiger partial charge in [-0.25, -0.2) is 0 Å². The Hall–Kier alpha value is -1.08. The number of nitrogens with one attached hydrogen (secondary N) is 1. The second-order valence-corrected chi connectivity index (χ2v) is 7.28. The fourth-order valence-corrected chi connectivity index (χ4v) is 3.73. The molecule has 0 radical (unpaired) electrons. The summed E-state index contributed by atoms with van der Waals surface area (Å²) >= 11 is 0. The molecule has 1 atom stereocenters. The number of hydrogen-bond donors (Lipinski definition) is 4. The van der Waals surface area contributed by atoms with Gasteiger partial charge in [0.1, 0.15) is 5.75 Å². The van der Waals surface area contributed by atoms with Crippen molar-refractivity contribution in [2.75, 3.05) is 6.61 Å². The lowest BCUT2D eigenvalue weighted by atomic mass is 9.74. The van der Waals surface area contributed by atoms with Crippen molar-refractivity contribution in [2.45, 2.75) is 63.5 Å². The summed E-state index contributed by atoms with van der Waals surface area (Å²) in [6.07, 6.45) is 6.57. The Labute approximate surface area is 144 Å². The quantitative estimate of drug-likeness (QED) is 0.406. The summed E-state index contributed by atoms with van der Waals surface area (Å²) in [6.45, 7) is 1.72. The van der Waals surface area contributed by atoms with Gasteiger partial charge >= 0.3 is 7.12 Å². The third kappa shape index (κ3) is 4.73. The zero-order valence-electron chi connectivity index (χ0n) is 14.3. The Balaban J connectivity index is 1.31. The van der Waals surface area contributed by atoms with Crippen molar-refractivity contribution in [3.05, 3.63) is 29.3 Å². The van der Waals surface area contributed by atoms with Crippen LogP contribution in [0.5, 0.6) is 5.75 Å². The van der Waals surface area contributed by atoms with Gasteiger partial charge in [0, 0.05) is 25.0 Å². The third-order valence-corrected chi connectivity index (χ3v) is 5.38. The maximum atomic E-state index is 8.83. The first kappa shape index (κ1) is 17.7. The van der Waals surface area contributed by atoms with E-state index < -0.39 is 7.12 Å². The van der Waals surface area contributed by atoms with Gasteiger partial charge in [-0.15, -0.1) is 0 Å². The molecule has 3 rings (SSSR count). The SMILES string of the molecule is NC(CCCCB(O)O)C1CC(NCc2ccc3c(c2)CCO3)C1. The molecule has 1 aromatic carbocycles. The summed E-state index contributed by atoms with van der Waals surface area (Å²) in [5.41, 5.74) is 8.92. The zero-order valence-corrected chi connectivity index (χ0v) is 14.3. The molecule has 132 valence electrons. The first-order valence-electron chi connectivity index (χ1n) is 9.21. The second-order valence-electron chi connectivity index (χ2n) is 7.28. The van der Waals surface area contributed by atoms with Gasteiger partial charge in [-0.3, -0.25) is 0 Å². The number of ether oxygens (including phenoxy) is 1. The molecule has 6 heteroatoms. The topological polar surface area (TPSA) is 87.7 Å². The monoisotopic (exact) mass is 332 g/mol. The van der Waals surface area contributed by atoms with Crippen LogP contribution >= 0.6 is 0 Å². The van der Waals surface area contributed by atoms with E-state index in [4.69, 9.17) is 20.5 Å². The van der Waals surface area contributed by atoms with Gasteiger partial charge in [-0.2, -0.15) is 0 Å². The van der Waals surface area contributed by atoms with Gasteiger partial charge in [0.2, 0.25) is 0 Å². The summed E-state index contributed by atoms with van der Waals surface area (Å²) < 4.78 is 5.54. The van der Waals surface area contributed by atoms with Gasteiger partial charge in [-0.1, -0.05) is 25.0 Å². The first-order chi connectivity index (χ1) is 11.6. The maximum absolute atomic E-state index is 8.83. The van der Waals surface area contributed by atoms with Gasteiger partial charge in [0.25, 0.3) is 0 Å². The van der Waals surface area contributed by atoms with E-state index in [1.807, 2.05) is 0 Å². The number of fused-ring (bicyclic) bond motifs is 1. The lowest BCUT2D eigenvalue weighted by Gasteiger charge is -2.39. The zero-order chi connectivity index (χ0) is 16.9. The lowest BCUT2D eigenvalue weighted by Crippen LogP contribution is -2.48. The van der Waals surface area contributed by atoms with Crippen LogP contribution in [-0.2, 0) is 13.0 Å². The highest BCUT2D eigenvalue weighted by atomic mass is 16.5. The van der Waals surface area contributed by atoms with Crippen LogP contribution in [0.2, 0.25) is 6.32 Å². The van der Waals surface area contributed by atoms with Crippen molar-refractivity contribution in [1.29, 1.82) is 0 Å². The number of rotatable bonds is 9. The molecule has 0 saturated heterocycles. The highest BCUT2D eigenvalue weighted by molar-refractivity contribution is 6.40. The van der Waals surface area contributed by atoms with Crippen molar-refractivity contribution in [2.24, 2.45) is 11.7 Å². The van der Waals surface area contributed by atoms with Crippen molar-refractivity contribution < 1.29 is 14.8 Å². The summed E-state index contributed by atoms with van der Waals surface area (Å²) in [4.78, 5) is 0. The molecule has 1 heterocycles. The molecule has 1 fully saturated rings. The van der Waals surface area contributed by atoms with E-state index in [1.54, 1.807) is 0 Å². The molecule has 1 unspecified atom stereocenters. The maximum Gasteiger partial charge on any atom is 0.451 e. The van der Waals surface area contributed by atoms with Gasteiger partial charge < -0.3 is 25.8 Å². The van der Waals surface area contributed by atoms with E-state index in [2.05, 4.69) is 23.5 Å². The Bertz CT molecular complexity index is 535. The number of unbranched alkanes of at least 4 members (excludes halogenated alkanes) is 1. The van der Waals surface area contributed by atoms with Crippen LogP contribution in [0, 0.1) is 5.92 Å². The Morgan fingerprint density at radius 2 is 2.12 bits per heavy atom. The molecule has 0 spiro atoms. The molecule has 1 aliphatic heterocycles. The van der Waals surface area contributed by atoms with Crippen molar-refractivity contribution in [3.63, 3.8) is 0 Å². The molecule has 0 bridgehead atoms. The standard InChI is InChI=1S/C18H29BN2O3/c20-17(3-1-2-7-19(22)23)15-10-16(11-15)21-12-13-4-5-18-14(9-13)6-8-24-18/h4-5,9,15-17,21-23H,1-3,6-8,10-12,20H2. The van der Waals surface area contributed by atoms with E-state index in [0.29, 0.717) is 18.3 Å². The van der Waals surface area contributed by atoms with E-state index in [0.717, 1.165) is 57.4 Å². The van der Waals surface area contributed by atoms with Gasteiger partial charge in [0.15, 0.2) is 0 Å². The Morgan fingerprint density at radius 1 is 1.29 bits per heavy atom. The molecule has 5 N–H and O–H groups in total. The first-order valence-corrected chi connectivity index (χ1v) is 9.21. The minimum absolute atomic E-state index is 0.246. The predicted octanol–water partition coefficient (Wildman–Crippen LogP) is 1.46. The van der Waals surface area contributed by atoms with Crippen LogP contribution in [0.15, 0.2) is 18.2 Å². The summed E-state index contributed by atoms with van der Waals surface area (Å²) in [6, 6.07) is 7.31. The van der Waals surface area contributed by atoms with Crippen molar-refractivity contribution in [1.82, 2.24) is 5.32 Å². The largest absolute Gasteiger partial charge is 0.493 e. The molecular formula is C18H29BN2O3. The van der Waals surface area contributed by atoms with Crippen LogP contribution in [-0.4, -0.2) is 35.9 Å². The molecule has 1 saturated carbocycles. The summed E-state index contributed by atoms with van der Waals surface area (Å²) in [7, 11) is -1.18. The second kappa shape index (κ2) is 8.34. The highest BCUT2D eigenvalue weighted by Crippen LogP contribution is 2.32. The van der Waals surface area contributed by atoms with Crippen LogP contribution < -0.4 is 15.8 Å². The minimum atomic E-state index is -1.18. The Kier molecular flexibility index (Phi) is 6.17. The molecule has 0 aromatic heterocycles. The summed E-state index contributed by atoms with van der Waals surface area (Å²) in [5, 5.41) is 21.3. The molecule has 2 aliphatic rings. The molecule has 24 heavy (non-hydrogen) atoms. The fourth-order valence-electron chi connectivity index (χ4n) is 3.73. The lowest BCUT2D eigenvalue weighted by molar-refractivity contribution is 0.181. The fraction of sp³-hybridized carbons (Fsp3) is 0.667. The van der Waals surface area contributed by atoms with Crippen molar-refractivity contribution >= 4 is 7.12 Å². The normalized spacial score (nSPS) is 23.3. The van der Waals surface area contributed by atoms with E-state index in [9.17, 15) is 0 Å². The van der Waals surface area contributed by atoms with Gasteiger partial charge in [-0.05, 0) is 48.7 Å². The summed E-state index contributed by atoms with van der Waals surface area (Å²) in [5.74, 6) is 1.65. The van der Waals surface area contributed by atoms with E-state index in [-0.39, 0.29) is 6.04 Å². The van der Waals surface area contributed by atoms with Crippen LogP contribution in [0.25, 0.3) is 0 Å². The van der Waals surface area contributed by atoms with E-state index in [1.165, 1.54) is 11.1 Å². The van der Waals surface area contributed by atoms with E-state index >= 15 is 0 Å². The average molecular weight is 332 g/mol. The Morgan fingerprint density at radius 3 is 2.92 bits per heavy atom. The molecule has 5 nitrogen and oxygen atoms in total. The van der Waals surface area contributed by atoms with Crippen molar-refractivity contribution in [3.8, 4) is 5.75 Å². The molecule has 1 aliphatic carbocycles. The number of nitrogens with two attached hydrogens (primary N) is 1. The molecule has 0 amide bonds.